The zero-order chi connectivity index (χ0) is 15.4. The molecule has 1 amide bonds. The van der Waals surface area contributed by atoms with E-state index in [0.29, 0.717) is 12.3 Å². The Morgan fingerprint density at radius 3 is 2.82 bits per heavy atom. The van der Waals surface area contributed by atoms with Crippen molar-refractivity contribution >= 4 is 11.7 Å². The minimum atomic E-state index is -0.502. The molecule has 0 spiro atoms. The molecular weight excluding hydrogens is 278 g/mol. The highest BCUT2D eigenvalue weighted by Crippen LogP contribution is 2.24. The van der Waals surface area contributed by atoms with E-state index in [-0.39, 0.29) is 6.04 Å². The number of hydrogen-bond donors (Lipinski definition) is 1. The van der Waals surface area contributed by atoms with Gasteiger partial charge in [-0.15, -0.1) is 0 Å². The molecular formula is C17H19N3O2. The Morgan fingerprint density at radius 1 is 1.23 bits per heavy atom. The Kier molecular flexibility index (Phi) is 4.23. The van der Waals surface area contributed by atoms with Crippen LogP contribution in [0.1, 0.15) is 23.3 Å². The second-order valence-electron chi connectivity index (χ2n) is 5.36. The summed E-state index contributed by atoms with van der Waals surface area (Å²) in [7, 11) is 0. The number of carbonyl (C=O) groups excluding carboxylic acids is 1. The van der Waals surface area contributed by atoms with Gasteiger partial charge >= 0.3 is 0 Å². The van der Waals surface area contributed by atoms with Gasteiger partial charge in [-0.3, -0.25) is 4.79 Å². The SMILES string of the molecule is NC(=O)c1cccc(N2CCC[C@@H]2COc2ccccc2)n1. The van der Waals surface area contributed by atoms with Crippen LogP contribution < -0.4 is 15.4 Å². The van der Waals surface area contributed by atoms with Crippen molar-refractivity contribution < 1.29 is 9.53 Å². The van der Waals surface area contributed by atoms with Crippen LogP contribution in [0.5, 0.6) is 5.75 Å². The molecule has 1 atom stereocenters. The van der Waals surface area contributed by atoms with E-state index in [1.807, 2.05) is 42.5 Å². The van der Waals surface area contributed by atoms with Crippen molar-refractivity contribution in [2.24, 2.45) is 5.73 Å². The smallest absolute Gasteiger partial charge is 0.267 e. The predicted molar refractivity (Wildman–Crippen MR) is 85.1 cm³/mol. The quantitative estimate of drug-likeness (QED) is 0.919. The number of amides is 1. The largest absolute Gasteiger partial charge is 0.491 e. The highest BCUT2D eigenvalue weighted by atomic mass is 16.5. The molecule has 1 aromatic carbocycles. The van der Waals surface area contributed by atoms with E-state index < -0.39 is 5.91 Å². The van der Waals surface area contributed by atoms with Crippen LogP contribution in [-0.4, -0.2) is 30.1 Å². The summed E-state index contributed by atoms with van der Waals surface area (Å²) in [5.74, 6) is 1.15. The first-order valence-corrected chi connectivity index (χ1v) is 7.45. The number of benzene rings is 1. The molecule has 2 heterocycles. The number of nitrogens with zero attached hydrogens (tertiary/aromatic N) is 2. The third-order valence-corrected chi connectivity index (χ3v) is 3.84. The molecule has 1 aliphatic heterocycles. The van der Waals surface area contributed by atoms with Crippen LogP contribution in [0.15, 0.2) is 48.5 Å². The summed E-state index contributed by atoms with van der Waals surface area (Å²) in [4.78, 5) is 17.8. The van der Waals surface area contributed by atoms with Crippen molar-refractivity contribution in [3.8, 4) is 5.75 Å². The average molecular weight is 297 g/mol. The van der Waals surface area contributed by atoms with Crippen molar-refractivity contribution in [3.05, 3.63) is 54.2 Å². The number of rotatable bonds is 5. The van der Waals surface area contributed by atoms with Crippen LogP contribution in [0.4, 0.5) is 5.82 Å². The van der Waals surface area contributed by atoms with Crippen molar-refractivity contribution in [2.75, 3.05) is 18.1 Å². The molecule has 114 valence electrons. The van der Waals surface area contributed by atoms with Gasteiger partial charge in [0.05, 0.1) is 6.04 Å². The number of para-hydroxylation sites is 1. The number of primary amides is 1. The Balaban J connectivity index is 1.70. The van der Waals surface area contributed by atoms with Gasteiger partial charge in [-0.2, -0.15) is 0 Å². The van der Waals surface area contributed by atoms with Crippen LogP contribution in [-0.2, 0) is 0 Å². The minimum Gasteiger partial charge on any atom is -0.491 e. The molecule has 0 unspecified atom stereocenters. The van der Waals surface area contributed by atoms with Crippen LogP contribution in [0, 0.1) is 0 Å². The molecule has 3 rings (SSSR count). The number of nitrogens with two attached hydrogens (primary N) is 1. The molecule has 2 aromatic rings. The van der Waals surface area contributed by atoms with Crippen LogP contribution in [0.2, 0.25) is 0 Å². The Hall–Kier alpha value is -2.56. The molecule has 1 aromatic heterocycles. The molecule has 0 bridgehead atoms. The highest BCUT2D eigenvalue weighted by Gasteiger charge is 2.26. The highest BCUT2D eigenvalue weighted by molar-refractivity contribution is 5.91. The maximum absolute atomic E-state index is 11.3. The molecule has 22 heavy (non-hydrogen) atoms. The number of hydrogen-bond acceptors (Lipinski definition) is 4. The molecule has 1 aliphatic rings. The summed E-state index contributed by atoms with van der Waals surface area (Å²) in [5.41, 5.74) is 5.60. The average Bonchev–Trinajstić information content (AvgIpc) is 3.02. The number of ether oxygens (including phenoxy) is 1. The molecule has 1 fully saturated rings. The minimum absolute atomic E-state index is 0.260. The van der Waals surface area contributed by atoms with E-state index in [0.717, 1.165) is 31.0 Å². The van der Waals surface area contributed by atoms with E-state index in [2.05, 4.69) is 9.88 Å². The normalized spacial score (nSPS) is 17.5. The lowest BCUT2D eigenvalue weighted by Crippen LogP contribution is -2.35. The Morgan fingerprint density at radius 2 is 2.05 bits per heavy atom. The number of aromatic nitrogens is 1. The maximum atomic E-state index is 11.3. The van der Waals surface area contributed by atoms with Gasteiger partial charge in [-0.25, -0.2) is 4.98 Å². The predicted octanol–water partition coefficient (Wildman–Crippen LogP) is 2.23. The summed E-state index contributed by atoms with van der Waals surface area (Å²) in [6.45, 7) is 1.52. The molecule has 0 aliphatic carbocycles. The second-order valence-corrected chi connectivity index (χ2v) is 5.36. The third kappa shape index (κ3) is 3.19. The van der Waals surface area contributed by atoms with E-state index in [1.165, 1.54) is 0 Å². The second kappa shape index (κ2) is 6.47. The lowest BCUT2D eigenvalue weighted by molar-refractivity contribution is 0.0995. The number of pyridine rings is 1. The molecule has 5 heteroatoms. The van der Waals surface area contributed by atoms with Gasteiger partial charge < -0.3 is 15.4 Å². The maximum Gasteiger partial charge on any atom is 0.267 e. The number of carbonyl (C=O) groups is 1. The van der Waals surface area contributed by atoms with E-state index in [4.69, 9.17) is 10.5 Å². The van der Waals surface area contributed by atoms with Crippen LogP contribution >= 0.6 is 0 Å². The fourth-order valence-corrected chi connectivity index (χ4v) is 2.74. The van der Waals surface area contributed by atoms with Gasteiger partial charge in [0, 0.05) is 6.54 Å². The van der Waals surface area contributed by atoms with Crippen molar-refractivity contribution in [1.82, 2.24) is 4.98 Å². The molecule has 0 saturated carbocycles. The monoisotopic (exact) mass is 297 g/mol. The van der Waals surface area contributed by atoms with Crippen molar-refractivity contribution in [1.29, 1.82) is 0 Å². The van der Waals surface area contributed by atoms with E-state index in [1.54, 1.807) is 6.07 Å². The van der Waals surface area contributed by atoms with Gasteiger partial charge in [0.25, 0.3) is 5.91 Å². The fourth-order valence-electron chi connectivity index (χ4n) is 2.74. The Labute approximate surface area is 129 Å². The topological polar surface area (TPSA) is 68.5 Å². The molecule has 0 radical (unpaired) electrons. The van der Waals surface area contributed by atoms with Gasteiger partial charge in [-0.1, -0.05) is 24.3 Å². The zero-order valence-corrected chi connectivity index (χ0v) is 12.3. The zero-order valence-electron chi connectivity index (χ0n) is 12.3. The first kappa shape index (κ1) is 14.4. The van der Waals surface area contributed by atoms with Gasteiger partial charge in [0.1, 0.15) is 23.9 Å². The fraction of sp³-hybridized carbons (Fsp3) is 0.294. The molecule has 5 nitrogen and oxygen atoms in total. The van der Waals surface area contributed by atoms with Crippen molar-refractivity contribution in [3.63, 3.8) is 0 Å². The van der Waals surface area contributed by atoms with E-state index >= 15 is 0 Å². The Bertz CT molecular complexity index is 645. The van der Waals surface area contributed by atoms with Gasteiger partial charge in [0.2, 0.25) is 0 Å². The van der Waals surface area contributed by atoms with Crippen LogP contribution in [0.3, 0.4) is 0 Å². The summed E-state index contributed by atoms with van der Waals surface area (Å²) in [5, 5.41) is 0. The summed E-state index contributed by atoms with van der Waals surface area (Å²) >= 11 is 0. The van der Waals surface area contributed by atoms with E-state index in [9.17, 15) is 4.79 Å². The molecule has 2 N–H and O–H groups in total. The standard InChI is InChI=1S/C17H19N3O2/c18-17(21)15-9-4-10-16(19-15)20-11-5-6-13(20)12-22-14-7-2-1-3-8-14/h1-4,7-10,13H,5-6,11-12H2,(H2,18,21)/t13-/m1/s1. The summed E-state index contributed by atoms with van der Waals surface area (Å²) in [6.07, 6.45) is 2.14. The first-order chi connectivity index (χ1) is 10.7. The molecule has 1 saturated heterocycles. The van der Waals surface area contributed by atoms with Gasteiger partial charge in [-0.05, 0) is 37.1 Å². The summed E-state index contributed by atoms with van der Waals surface area (Å²) < 4.78 is 5.86. The first-order valence-electron chi connectivity index (χ1n) is 7.45. The summed E-state index contributed by atoms with van der Waals surface area (Å²) in [6, 6.07) is 15.4. The lowest BCUT2D eigenvalue weighted by Gasteiger charge is -2.26. The lowest BCUT2D eigenvalue weighted by atomic mass is 10.2. The third-order valence-electron chi connectivity index (χ3n) is 3.84. The van der Waals surface area contributed by atoms with Crippen LogP contribution in [0.25, 0.3) is 0 Å². The van der Waals surface area contributed by atoms with Crippen molar-refractivity contribution in [2.45, 2.75) is 18.9 Å². The number of anilines is 1. The van der Waals surface area contributed by atoms with Gasteiger partial charge in [0.15, 0.2) is 0 Å².